The van der Waals surface area contributed by atoms with Gasteiger partial charge in [0.1, 0.15) is 6.04 Å². The van der Waals surface area contributed by atoms with E-state index in [1.807, 2.05) is 0 Å². The Balaban J connectivity index is 3.10. The molecule has 0 heterocycles. The molecule has 0 fully saturated rings. The van der Waals surface area contributed by atoms with Gasteiger partial charge in [-0.1, -0.05) is 23.2 Å². The Kier molecular flexibility index (Phi) is 4.07. The van der Waals surface area contributed by atoms with Crippen molar-refractivity contribution in [3.8, 4) is 11.8 Å². The molecule has 0 aromatic heterocycles. The zero-order valence-corrected chi connectivity index (χ0v) is 9.86. The molecular formula is C10H10Cl2N2O. The first-order chi connectivity index (χ1) is 7.08. The molecule has 1 unspecified atom stereocenters. The quantitative estimate of drug-likeness (QED) is 0.888. The second-order valence-corrected chi connectivity index (χ2v) is 3.81. The molecule has 1 aromatic carbocycles. The van der Waals surface area contributed by atoms with Crippen LogP contribution in [0.25, 0.3) is 0 Å². The summed E-state index contributed by atoms with van der Waals surface area (Å²) < 4.78 is 5.11. The number of hydrogen-bond donors (Lipinski definition) is 1. The Labute approximate surface area is 98.6 Å². The van der Waals surface area contributed by atoms with Crippen LogP contribution in [0.1, 0.15) is 6.92 Å². The van der Waals surface area contributed by atoms with Crippen molar-refractivity contribution in [2.24, 2.45) is 0 Å². The summed E-state index contributed by atoms with van der Waals surface area (Å²) in [6, 6.07) is 4.97. The lowest BCUT2D eigenvalue weighted by atomic mass is 10.2. The number of ether oxygens (including phenoxy) is 1. The first kappa shape index (κ1) is 12.0. The number of hydrogen-bond acceptors (Lipinski definition) is 3. The van der Waals surface area contributed by atoms with Gasteiger partial charge in [0.15, 0.2) is 5.75 Å². The van der Waals surface area contributed by atoms with E-state index in [1.54, 1.807) is 19.1 Å². The third-order valence-corrected chi connectivity index (χ3v) is 2.28. The summed E-state index contributed by atoms with van der Waals surface area (Å²) in [6.07, 6.45) is 0. The first-order valence-electron chi connectivity index (χ1n) is 4.27. The van der Waals surface area contributed by atoms with Crippen molar-refractivity contribution < 1.29 is 4.74 Å². The van der Waals surface area contributed by atoms with Crippen molar-refractivity contribution in [3.63, 3.8) is 0 Å². The van der Waals surface area contributed by atoms with E-state index in [0.29, 0.717) is 21.5 Å². The molecule has 1 atom stereocenters. The predicted octanol–water partition coefficient (Wildman–Crippen LogP) is 3.33. The zero-order chi connectivity index (χ0) is 11.4. The molecule has 0 saturated carbocycles. The largest absolute Gasteiger partial charge is 0.493 e. The molecule has 3 nitrogen and oxygen atoms in total. The highest BCUT2D eigenvalue weighted by Crippen LogP contribution is 2.36. The summed E-state index contributed by atoms with van der Waals surface area (Å²) in [5.41, 5.74) is 0.615. The van der Waals surface area contributed by atoms with Crippen LogP contribution in [0.15, 0.2) is 12.1 Å². The van der Waals surface area contributed by atoms with Crippen molar-refractivity contribution >= 4 is 28.9 Å². The van der Waals surface area contributed by atoms with Gasteiger partial charge in [-0.25, -0.2) is 0 Å². The zero-order valence-electron chi connectivity index (χ0n) is 8.34. The molecule has 1 rings (SSSR count). The average molecular weight is 245 g/mol. The Bertz CT molecular complexity index is 401. The maximum Gasteiger partial charge on any atom is 0.160 e. The third kappa shape index (κ3) is 2.92. The highest BCUT2D eigenvalue weighted by molar-refractivity contribution is 6.36. The molecule has 80 valence electrons. The van der Waals surface area contributed by atoms with Crippen molar-refractivity contribution in [3.05, 3.63) is 22.2 Å². The van der Waals surface area contributed by atoms with Crippen LogP contribution < -0.4 is 10.1 Å². The van der Waals surface area contributed by atoms with Crippen LogP contribution in [-0.2, 0) is 0 Å². The summed E-state index contributed by atoms with van der Waals surface area (Å²) in [7, 11) is 1.51. The van der Waals surface area contributed by atoms with Crippen molar-refractivity contribution in [2.45, 2.75) is 13.0 Å². The molecule has 0 amide bonds. The molecule has 1 N–H and O–H groups in total. The fraction of sp³-hybridized carbons (Fsp3) is 0.300. The van der Waals surface area contributed by atoms with Gasteiger partial charge < -0.3 is 10.1 Å². The summed E-state index contributed by atoms with van der Waals surface area (Å²) in [5, 5.41) is 12.5. The SMILES string of the molecule is COc1c(Cl)cc(Cl)cc1NC(C)C#N. The normalized spacial score (nSPS) is 11.7. The van der Waals surface area contributed by atoms with E-state index in [4.69, 9.17) is 33.2 Å². The molecule has 0 aliphatic carbocycles. The van der Waals surface area contributed by atoms with Crippen LogP contribution in [-0.4, -0.2) is 13.2 Å². The molecular weight excluding hydrogens is 235 g/mol. The van der Waals surface area contributed by atoms with Crippen LogP contribution in [0, 0.1) is 11.3 Å². The summed E-state index contributed by atoms with van der Waals surface area (Å²) in [5.74, 6) is 0.489. The van der Waals surface area contributed by atoms with Gasteiger partial charge in [0.05, 0.1) is 23.9 Å². The molecule has 15 heavy (non-hydrogen) atoms. The van der Waals surface area contributed by atoms with Crippen molar-refractivity contribution in [1.82, 2.24) is 0 Å². The van der Waals surface area contributed by atoms with E-state index in [2.05, 4.69) is 11.4 Å². The van der Waals surface area contributed by atoms with Gasteiger partial charge in [0, 0.05) is 5.02 Å². The Morgan fingerprint density at radius 2 is 2.13 bits per heavy atom. The van der Waals surface area contributed by atoms with Crippen molar-refractivity contribution in [1.29, 1.82) is 5.26 Å². The van der Waals surface area contributed by atoms with Gasteiger partial charge in [-0.3, -0.25) is 0 Å². The van der Waals surface area contributed by atoms with Gasteiger partial charge in [0.2, 0.25) is 0 Å². The van der Waals surface area contributed by atoms with Crippen LogP contribution in [0.2, 0.25) is 10.0 Å². The number of nitrogens with zero attached hydrogens (tertiary/aromatic N) is 1. The van der Waals surface area contributed by atoms with Gasteiger partial charge in [-0.2, -0.15) is 5.26 Å². The second-order valence-electron chi connectivity index (χ2n) is 2.96. The lowest BCUT2D eigenvalue weighted by Gasteiger charge is -2.14. The van der Waals surface area contributed by atoms with Crippen molar-refractivity contribution in [2.75, 3.05) is 12.4 Å². The van der Waals surface area contributed by atoms with Gasteiger partial charge in [-0.15, -0.1) is 0 Å². The molecule has 5 heteroatoms. The minimum Gasteiger partial charge on any atom is -0.493 e. The number of halogens is 2. The predicted molar refractivity (Wildman–Crippen MR) is 61.7 cm³/mol. The Morgan fingerprint density at radius 1 is 1.47 bits per heavy atom. The topological polar surface area (TPSA) is 45.0 Å². The minimum absolute atomic E-state index is 0.339. The van der Waals surface area contributed by atoms with Gasteiger partial charge >= 0.3 is 0 Å². The molecule has 1 aromatic rings. The van der Waals surface area contributed by atoms with Crippen LogP contribution in [0.4, 0.5) is 5.69 Å². The average Bonchev–Trinajstić information content (AvgIpc) is 2.17. The minimum atomic E-state index is -0.339. The lowest BCUT2D eigenvalue weighted by Crippen LogP contribution is -2.12. The standard InChI is InChI=1S/C10H10Cl2N2O/c1-6(5-13)14-9-4-7(11)3-8(12)10(9)15-2/h3-4,6,14H,1-2H3. The number of methoxy groups -OCH3 is 1. The van der Waals surface area contributed by atoms with E-state index in [-0.39, 0.29) is 6.04 Å². The molecule has 0 radical (unpaired) electrons. The van der Waals surface area contributed by atoms with Gasteiger partial charge in [-0.05, 0) is 19.1 Å². The maximum absolute atomic E-state index is 8.68. The number of nitriles is 1. The fourth-order valence-corrected chi connectivity index (χ4v) is 1.71. The fourth-order valence-electron chi connectivity index (χ4n) is 1.14. The Morgan fingerprint density at radius 3 is 2.67 bits per heavy atom. The van der Waals surface area contributed by atoms with Gasteiger partial charge in [0.25, 0.3) is 0 Å². The van der Waals surface area contributed by atoms with E-state index in [1.165, 1.54) is 7.11 Å². The summed E-state index contributed by atoms with van der Waals surface area (Å²) in [4.78, 5) is 0. The van der Waals surface area contributed by atoms with E-state index in [0.717, 1.165) is 0 Å². The highest BCUT2D eigenvalue weighted by atomic mass is 35.5. The highest BCUT2D eigenvalue weighted by Gasteiger charge is 2.11. The monoisotopic (exact) mass is 244 g/mol. The molecule has 0 aliphatic heterocycles. The van der Waals surface area contributed by atoms with E-state index < -0.39 is 0 Å². The molecule has 0 spiro atoms. The van der Waals surface area contributed by atoms with E-state index >= 15 is 0 Å². The first-order valence-corrected chi connectivity index (χ1v) is 5.03. The smallest absolute Gasteiger partial charge is 0.160 e. The summed E-state index contributed by atoms with van der Waals surface area (Å²) in [6.45, 7) is 1.73. The maximum atomic E-state index is 8.68. The number of anilines is 1. The summed E-state index contributed by atoms with van der Waals surface area (Å²) >= 11 is 11.8. The number of benzene rings is 1. The number of nitrogens with one attached hydrogen (secondary N) is 1. The van der Waals surface area contributed by atoms with Crippen LogP contribution >= 0.6 is 23.2 Å². The van der Waals surface area contributed by atoms with Crippen LogP contribution in [0.5, 0.6) is 5.75 Å². The van der Waals surface area contributed by atoms with Crippen LogP contribution in [0.3, 0.4) is 0 Å². The molecule has 0 aliphatic rings. The number of rotatable bonds is 3. The lowest BCUT2D eigenvalue weighted by molar-refractivity contribution is 0.416. The second kappa shape index (κ2) is 5.11. The molecule has 0 bridgehead atoms. The van der Waals surface area contributed by atoms with E-state index in [9.17, 15) is 0 Å². The molecule has 0 saturated heterocycles. The third-order valence-electron chi connectivity index (χ3n) is 1.78. The Hall–Kier alpha value is -1.11.